The van der Waals surface area contributed by atoms with E-state index in [9.17, 15) is 9.50 Å². The Labute approximate surface area is 126 Å². The van der Waals surface area contributed by atoms with Crippen LogP contribution in [0.3, 0.4) is 0 Å². The molecule has 118 valence electrons. The summed E-state index contributed by atoms with van der Waals surface area (Å²) in [6.07, 6.45) is 4.33. The monoisotopic (exact) mass is 295 g/mol. The highest BCUT2D eigenvalue weighted by atomic mass is 19.1. The maximum Gasteiger partial charge on any atom is 0.128 e. The molecule has 1 N–H and O–H groups in total. The molecule has 0 aromatic heterocycles. The fourth-order valence-electron chi connectivity index (χ4n) is 3.01. The number of likely N-dealkylation sites (tertiary alicyclic amines) is 1. The molecule has 0 bridgehead atoms. The van der Waals surface area contributed by atoms with E-state index < -0.39 is 6.10 Å². The van der Waals surface area contributed by atoms with Crippen molar-refractivity contribution >= 4 is 0 Å². The molecule has 4 heteroatoms. The second-order valence-electron chi connectivity index (χ2n) is 5.81. The van der Waals surface area contributed by atoms with Crippen molar-refractivity contribution in [2.45, 2.75) is 51.4 Å². The first-order valence-electron chi connectivity index (χ1n) is 7.94. The average molecular weight is 295 g/mol. The number of hydrogen-bond acceptors (Lipinski definition) is 3. The maximum absolute atomic E-state index is 13.4. The van der Waals surface area contributed by atoms with Crippen LogP contribution < -0.4 is 0 Å². The lowest BCUT2D eigenvalue weighted by molar-refractivity contribution is -0.00435. The predicted octanol–water partition coefficient (Wildman–Crippen LogP) is 2.97. The van der Waals surface area contributed by atoms with Crippen molar-refractivity contribution < 1.29 is 14.2 Å². The third kappa shape index (κ3) is 5.06. The molecule has 1 heterocycles. The molecule has 2 atom stereocenters. The van der Waals surface area contributed by atoms with E-state index in [2.05, 4.69) is 11.8 Å². The Morgan fingerprint density at radius 3 is 2.95 bits per heavy atom. The van der Waals surface area contributed by atoms with E-state index in [1.165, 1.54) is 25.3 Å². The highest BCUT2D eigenvalue weighted by molar-refractivity contribution is 5.16. The van der Waals surface area contributed by atoms with Crippen LogP contribution in [0.15, 0.2) is 24.3 Å². The summed E-state index contributed by atoms with van der Waals surface area (Å²) in [5.41, 5.74) is 0.536. The van der Waals surface area contributed by atoms with Gasteiger partial charge in [0.2, 0.25) is 0 Å². The first-order valence-corrected chi connectivity index (χ1v) is 7.94. The van der Waals surface area contributed by atoms with Crippen molar-refractivity contribution in [3.05, 3.63) is 35.6 Å². The van der Waals surface area contributed by atoms with Crippen LogP contribution in [0.1, 0.15) is 38.2 Å². The third-order valence-corrected chi connectivity index (χ3v) is 4.19. The summed E-state index contributed by atoms with van der Waals surface area (Å²) >= 11 is 0. The minimum absolute atomic E-state index is 0.209. The first-order chi connectivity index (χ1) is 10.2. The van der Waals surface area contributed by atoms with Crippen LogP contribution in [0, 0.1) is 5.82 Å². The van der Waals surface area contributed by atoms with Gasteiger partial charge in [0.1, 0.15) is 5.82 Å². The summed E-state index contributed by atoms with van der Waals surface area (Å²) in [6.45, 7) is 4.37. The summed E-state index contributed by atoms with van der Waals surface area (Å²) in [5.74, 6) is -0.255. The first kappa shape index (κ1) is 16.4. The number of halogens is 1. The van der Waals surface area contributed by atoms with Gasteiger partial charge in [0, 0.05) is 18.2 Å². The van der Waals surface area contributed by atoms with E-state index in [0.29, 0.717) is 18.2 Å². The number of rotatable bonds is 7. The largest absolute Gasteiger partial charge is 0.389 e. The smallest absolute Gasteiger partial charge is 0.128 e. The van der Waals surface area contributed by atoms with Gasteiger partial charge in [-0.3, -0.25) is 4.90 Å². The molecule has 0 unspecified atom stereocenters. The number of benzene rings is 1. The molecule has 2 rings (SSSR count). The fraction of sp³-hybridized carbons (Fsp3) is 0.647. The zero-order valence-electron chi connectivity index (χ0n) is 12.8. The summed E-state index contributed by atoms with van der Waals surface area (Å²) < 4.78 is 18.9. The molecule has 0 saturated carbocycles. The SMILES string of the molecule is CC[C@H]1CCCCN1C[C@@H](O)COCc1ccccc1F. The number of nitrogens with zero attached hydrogens (tertiary/aromatic N) is 1. The van der Waals surface area contributed by atoms with Crippen LogP contribution >= 0.6 is 0 Å². The van der Waals surface area contributed by atoms with Crippen LogP contribution in [0.4, 0.5) is 4.39 Å². The highest BCUT2D eigenvalue weighted by Crippen LogP contribution is 2.19. The maximum atomic E-state index is 13.4. The Bertz CT molecular complexity index is 427. The van der Waals surface area contributed by atoms with Crippen molar-refractivity contribution in [2.24, 2.45) is 0 Å². The van der Waals surface area contributed by atoms with Gasteiger partial charge in [0.05, 0.1) is 19.3 Å². The van der Waals surface area contributed by atoms with Gasteiger partial charge in [-0.05, 0) is 31.9 Å². The normalized spacial score (nSPS) is 21.4. The standard InChI is InChI=1S/C17H26FNO2/c1-2-15-8-5-6-10-19(15)11-16(20)13-21-12-14-7-3-4-9-17(14)18/h3-4,7,9,15-16,20H,2,5-6,8,10-13H2,1H3/t15-,16+/m0/s1. The van der Waals surface area contributed by atoms with Gasteiger partial charge in [-0.25, -0.2) is 4.39 Å². The summed E-state index contributed by atoms with van der Waals surface area (Å²) in [5, 5.41) is 10.1. The van der Waals surface area contributed by atoms with E-state index in [0.717, 1.165) is 13.0 Å². The third-order valence-electron chi connectivity index (χ3n) is 4.19. The quantitative estimate of drug-likeness (QED) is 0.839. The van der Waals surface area contributed by atoms with Crippen molar-refractivity contribution in [3.8, 4) is 0 Å². The van der Waals surface area contributed by atoms with Crippen molar-refractivity contribution in [3.63, 3.8) is 0 Å². The van der Waals surface area contributed by atoms with Crippen molar-refractivity contribution in [1.82, 2.24) is 4.90 Å². The second-order valence-corrected chi connectivity index (χ2v) is 5.81. The van der Waals surface area contributed by atoms with Gasteiger partial charge in [0.25, 0.3) is 0 Å². The molecule has 1 saturated heterocycles. The van der Waals surface area contributed by atoms with E-state index in [1.54, 1.807) is 18.2 Å². The number of piperidine rings is 1. The molecule has 1 fully saturated rings. The summed E-state index contributed by atoms with van der Waals surface area (Å²) in [7, 11) is 0. The summed E-state index contributed by atoms with van der Waals surface area (Å²) in [4.78, 5) is 2.36. The highest BCUT2D eigenvalue weighted by Gasteiger charge is 2.22. The zero-order chi connectivity index (χ0) is 15.1. The van der Waals surface area contributed by atoms with Gasteiger partial charge in [0.15, 0.2) is 0 Å². The number of ether oxygens (including phenoxy) is 1. The molecule has 0 aliphatic carbocycles. The minimum Gasteiger partial charge on any atom is -0.389 e. The fourth-order valence-corrected chi connectivity index (χ4v) is 3.01. The van der Waals surface area contributed by atoms with E-state index in [-0.39, 0.29) is 19.0 Å². The van der Waals surface area contributed by atoms with Gasteiger partial charge in [-0.2, -0.15) is 0 Å². The Morgan fingerprint density at radius 1 is 1.38 bits per heavy atom. The van der Waals surface area contributed by atoms with E-state index >= 15 is 0 Å². The molecule has 0 amide bonds. The van der Waals surface area contributed by atoms with E-state index in [1.807, 2.05) is 0 Å². The van der Waals surface area contributed by atoms with E-state index in [4.69, 9.17) is 4.74 Å². The minimum atomic E-state index is -0.510. The molecule has 1 aromatic rings. The van der Waals surface area contributed by atoms with Crippen LogP contribution in [0.25, 0.3) is 0 Å². The molecule has 3 nitrogen and oxygen atoms in total. The van der Waals surface area contributed by atoms with Crippen LogP contribution in [-0.2, 0) is 11.3 Å². The Hall–Kier alpha value is -0.970. The lowest BCUT2D eigenvalue weighted by atomic mass is 10.00. The zero-order valence-corrected chi connectivity index (χ0v) is 12.8. The molecule has 1 aliphatic rings. The lowest BCUT2D eigenvalue weighted by Crippen LogP contribution is -2.44. The molecular formula is C17H26FNO2. The second kappa shape index (κ2) is 8.47. The number of hydrogen-bond donors (Lipinski definition) is 1. The Balaban J connectivity index is 1.72. The van der Waals surface area contributed by atoms with Gasteiger partial charge >= 0.3 is 0 Å². The number of β-amino-alcohol motifs (C(OH)–C–C–N with tert-alkyl or cyclic N) is 1. The van der Waals surface area contributed by atoms with Gasteiger partial charge in [-0.15, -0.1) is 0 Å². The molecule has 1 aliphatic heterocycles. The van der Waals surface area contributed by atoms with Crippen molar-refractivity contribution in [1.29, 1.82) is 0 Å². The number of aliphatic hydroxyl groups is 1. The topological polar surface area (TPSA) is 32.7 Å². The van der Waals surface area contributed by atoms with Crippen LogP contribution in [-0.4, -0.2) is 41.8 Å². The molecule has 0 radical (unpaired) electrons. The molecular weight excluding hydrogens is 269 g/mol. The van der Waals surface area contributed by atoms with Crippen molar-refractivity contribution in [2.75, 3.05) is 19.7 Å². The summed E-state index contributed by atoms with van der Waals surface area (Å²) in [6, 6.07) is 7.17. The predicted molar refractivity (Wildman–Crippen MR) is 81.6 cm³/mol. The Morgan fingerprint density at radius 2 is 2.19 bits per heavy atom. The molecule has 0 spiro atoms. The average Bonchev–Trinajstić information content (AvgIpc) is 2.50. The lowest BCUT2D eigenvalue weighted by Gasteiger charge is -2.36. The Kier molecular flexibility index (Phi) is 6.61. The molecule has 1 aromatic carbocycles. The van der Waals surface area contributed by atoms with Crippen LogP contribution in [0.5, 0.6) is 0 Å². The molecule has 21 heavy (non-hydrogen) atoms. The van der Waals surface area contributed by atoms with Crippen LogP contribution in [0.2, 0.25) is 0 Å². The van der Waals surface area contributed by atoms with Gasteiger partial charge in [-0.1, -0.05) is 31.5 Å². The number of aliphatic hydroxyl groups excluding tert-OH is 1. The van der Waals surface area contributed by atoms with Gasteiger partial charge < -0.3 is 9.84 Å².